The van der Waals surface area contributed by atoms with Crippen molar-refractivity contribution in [3.63, 3.8) is 0 Å². The first kappa shape index (κ1) is 12.9. The van der Waals surface area contributed by atoms with Gasteiger partial charge in [0.1, 0.15) is 11.1 Å². The molecule has 1 rings (SSSR count). The van der Waals surface area contributed by atoms with Gasteiger partial charge >= 0.3 is 11.7 Å². The average molecular weight is 307 g/mol. The third-order valence-corrected chi connectivity index (χ3v) is 3.58. The number of nitro groups is 1. The normalized spacial score (nSPS) is 10.1. The molecular formula is C8H7BrN2O4S. The predicted molar refractivity (Wildman–Crippen MR) is 61.6 cm³/mol. The van der Waals surface area contributed by atoms with E-state index in [1.165, 1.54) is 6.20 Å². The van der Waals surface area contributed by atoms with E-state index in [1.54, 1.807) is 0 Å². The molecule has 0 bridgehead atoms. The lowest BCUT2D eigenvalue weighted by Gasteiger charge is -2.03. The number of carboxylic acids is 1. The summed E-state index contributed by atoms with van der Waals surface area (Å²) in [4.78, 5) is 24.6. The zero-order chi connectivity index (χ0) is 12.1. The highest BCUT2D eigenvalue weighted by molar-refractivity contribution is 9.10. The van der Waals surface area contributed by atoms with Gasteiger partial charge in [-0.15, -0.1) is 11.8 Å². The van der Waals surface area contributed by atoms with Crippen LogP contribution in [0.2, 0.25) is 0 Å². The third kappa shape index (κ3) is 3.46. The molecule has 1 N–H and O–H groups in total. The van der Waals surface area contributed by atoms with Crippen molar-refractivity contribution in [2.75, 3.05) is 5.75 Å². The van der Waals surface area contributed by atoms with E-state index in [1.807, 2.05) is 0 Å². The fraction of sp³-hybridized carbons (Fsp3) is 0.250. The fourth-order valence-electron chi connectivity index (χ4n) is 0.926. The Balaban J connectivity index is 2.84. The summed E-state index contributed by atoms with van der Waals surface area (Å²) < 4.78 is 0.497. The topological polar surface area (TPSA) is 93.3 Å². The van der Waals surface area contributed by atoms with E-state index in [2.05, 4.69) is 20.9 Å². The lowest BCUT2D eigenvalue weighted by Crippen LogP contribution is -1.98. The Labute approximate surface area is 103 Å². The van der Waals surface area contributed by atoms with Gasteiger partial charge in [-0.1, -0.05) is 0 Å². The fourth-order valence-corrected chi connectivity index (χ4v) is 2.54. The number of hydrogen-bond donors (Lipinski definition) is 1. The number of carbonyl (C=O) groups is 1. The molecule has 1 heterocycles. The first-order valence-corrected chi connectivity index (χ1v) is 5.92. The summed E-state index contributed by atoms with van der Waals surface area (Å²) >= 11 is 4.27. The molecule has 1 aromatic heterocycles. The van der Waals surface area contributed by atoms with Gasteiger partial charge in [0.05, 0.1) is 15.8 Å². The number of pyridine rings is 1. The van der Waals surface area contributed by atoms with Crippen molar-refractivity contribution in [1.82, 2.24) is 4.98 Å². The first-order valence-electron chi connectivity index (χ1n) is 4.15. The number of halogens is 1. The molecule has 8 heteroatoms. The molecule has 6 nitrogen and oxygen atoms in total. The standard InChI is InChI=1S/C8H7BrN2O4S/c9-5-3-10-4-6(11(14)15)8(5)16-2-1-7(12)13/h3-4H,1-2H2,(H,12,13). The van der Waals surface area contributed by atoms with Crippen LogP contribution in [-0.2, 0) is 4.79 Å². The monoisotopic (exact) mass is 306 g/mol. The summed E-state index contributed by atoms with van der Waals surface area (Å²) in [5.74, 6) is -0.654. The van der Waals surface area contributed by atoms with E-state index in [4.69, 9.17) is 5.11 Å². The summed E-state index contributed by atoms with van der Waals surface area (Å²) in [5, 5.41) is 19.2. The van der Waals surface area contributed by atoms with Gasteiger partial charge in [0, 0.05) is 11.9 Å². The van der Waals surface area contributed by atoms with Gasteiger partial charge in [0.25, 0.3) is 0 Å². The van der Waals surface area contributed by atoms with Crippen molar-refractivity contribution in [3.05, 3.63) is 27.0 Å². The summed E-state index contributed by atoms with van der Waals surface area (Å²) in [5.41, 5.74) is -0.121. The molecular weight excluding hydrogens is 300 g/mol. The maximum atomic E-state index is 10.7. The lowest BCUT2D eigenvalue weighted by atomic mass is 10.4. The number of hydrogen-bond acceptors (Lipinski definition) is 5. The highest BCUT2D eigenvalue weighted by Crippen LogP contribution is 2.34. The molecule has 0 aromatic carbocycles. The second-order valence-corrected chi connectivity index (χ2v) is 4.68. The van der Waals surface area contributed by atoms with Crippen LogP contribution in [0.25, 0.3) is 0 Å². The predicted octanol–water partition coefficient (Wildman–Crippen LogP) is 2.32. The van der Waals surface area contributed by atoms with Gasteiger partial charge in [-0.05, 0) is 15.9 Å². The van der Waals surface area contributed by atoms with Crippen LogP contribution in [0.4, 0.5) is 5.69 Å². The minimum Gasteiger partial charge on any atom is -0.481 e. The maximum Gasteiger partial charge on any atom is 0.304 e. The quantitative estimate of drug-likeness (QED) is 0.510. The Morgan fingerprint density at radius 3 is 2.88 bits per heavy atom. The summed E-state index contributed by atoms with van der Waals surface area (Å²) in [6, 6.07) is 0. The van der Waals surface area contributed by atoms with Crippen LogP contribution >= 0.6 is 27.7 Å². The SMILES string of the molecule is O=C(O)CCSc1c(Br)cncc1[N+](=O)[O-]. The first-order chi connectivity index (χ1) is 7.52. The molecule has 1 aromatic rings. The maximum absolute atomic E-state index is 10.7. The zero-order valence-electron chi connectivity index (χ0n) is 7.92. The molecule has 0 amide bonds. The van der Waals surface area contributed by atoms with Crippen molar-refractivity contribution in [1.29, 1.82) is 0 Å². The zero-order valence-corrected chi connectivity index (χ0v) is 10.3. The third-order valence-electron chi connectivity index (χ3n) is 1.59. The van der Waals surface area contributed by atoms with Gasteiger partial charge in [0.15, 0.2) is 0 Å². The Kier molecular flexibility index (Phi) is 4.69. The van der Waals surface area contributed by atoms with Crippen molar-refractivity contribution in [2.45, 2.75) is 11.3 Å². The molecule has 16 heavy (non-hydrogen) atoms. The van der Waals surface area contributed by atoms with Gasteiger partial charge in [-0.3, -0.25) is 19.9 Å². The van der Waals surface area contributed by atoms with Crippen molar-refractivity contribution >= 4 is 39.3 Å². The van der Waals surface area contributed by atoms with Crippen molar-refractivity contribution in [3.8, 4) is 0 Å². The molecule has 0 spiro atoms. The number of thioether (sulfide) groups is 1. The number of nitrogens with zero attached hydrogens (tertiary/aromatic N) is 2. The lowest BCUT2D eigenvalue weighted by molar-refractivity contribution is -0.388. The molecule has 0 aliphatic rings. The Morgan fingerprint density at radius 1 is 1.62 bits per heavy atom. The highest BCUT2D eigenvalue weighted by atomic mass is 79.9. The molecule has 0 fully saturated rings. The van der Waals surface area contributed by atoms with E-state index in [-0.39, 0.29) is 17.9 Å². The van der Waals surface area contributed by atoms with Crippen LogP contribution in [0.3, 0.4) is 0 Å². The van der Waals surface area contributed by atoms with Crippen LogP contribution in [0.15, 0.2) is 21.8 Å². The van der Waals surface area contributed by atoms with Crippen LogP contribution in [0.5, 0.6) is 0 Å². The van der Waals surface area contributed by atoms with E-state index in [9.17, 15) is 14.9 Å². The van der Waals surface area contributed by atoms with Gasteiger partial charge in [-0.2, -0.15) is 0 Å². The minimum atomic E-state index is -0.930. The van der Waals surface area contributed by atoms with Crippen LogP contribution in [0.1, 0.15) is 6.42 Å². The van der Waals surface area contributed by atoms with Crippen LogP contribution in [-0.4, -0.2) is 26.7 Å². The molecule has 86 valence electrons. The second-order valence-electron chi connectivity index (χ2n) is 2.72. The summed E-state index contributed by atoms with van der Waals surface area (Å²) in [6.45, 7) is 0. The van der Waals surface area contributed by atoms with E-state index >= 15 is 0 Å². The molecule has 0 aliphatic heterocycles. The van der Waals surface area contributed by atoms with Gasteiger partial charge in [-0.25, -0.2) is 0 Å². The number of rotatable bonds is 5. The molecule has 0 saturated carbocycles. The largest absolute Gasteiger partial charge is 0.481 e. The molecule has 0 saturated heterocycles. The number of aliphatic carboxylic acids is 1. The van der Waals surface area contributed by atoms with Gasteiger partial charge < -0.3 is 5.11 Å². The highest BCUT2D eigenvalue weighted by Gasteiger charge is 2.17. The second kappa shape index (κ2) is 5.80. The smallest absolute Gasteiger partial charge is 0.304 e. The van der Waals surface area contributed by atoms with Crippen molar-refractivity contribution < 1.29 is 14.8 Å². The number of aromatic nitrogens is 1. The van der Waals surface area contributed by atoms with E-state index in [0.29, 0.717) is 9.37 Å². The van der Waals surface area contributed by atoms with Crippen LogP contribution in [0, 0.1) is 10.1 Å². The Morgan fingerprint density at radius 2 is 2.31 bits per heavy atom. The minimum absolute atomic E-state index is 0.0451. The van der Waals surface area contributed by atoms with E-state index in [0.717, 1.165) is 18.0 Å². The van der Waals surface area contributed by atoms with Crippen LogP contribution < -0.4 is 0 Å². The van der Waals surface area contributed by atoms with Crippen molar-refractivity contribution in [2.24, 2.45) is 0 Å². The van der Waals surface area contributed by atoms with E-state index < -0.39 is 10.9 Å². The molecule has 0 atom stereocenters. The summed E-state index contributed by atoms with van der Waals surface area (Å²) in [7, 11) is 0. The molecule has 0 aliphatic carbocycles. The number of carboxylic acid groups (broad SMARTS) is 1. The Hall–Kier alpha value is -1.15. The molecule has 0 radical (unpaired) electrons. The van der Waals surface area contributed by atoms with Gasteiger partial charge in [0.2, 0.25) is 0 Å². The molecule has 0 unspecified atom stereocenters. The Bertz CT molecular complexity index is 426. The average Bonchev–Trinajstić information content (AvgIpc) is 2.19. The summed E-state index contributed by atoms with van der Waals surface area (Å²) in [6.07, 6.45) is 2.54.